The molecule has 0 spiro atoms. The molecular weight excluding hydrogens is 491 g/mol. The fourth-order valence-electron chi connectivity index (χ4n) is 4.96. The Labute approximate surface area is 209 Å². The summed E-state index contributed by atoms with van der Waals surface area (Å²) in [6.07, 6.45) is 2.45. The number of carbonyl (C=O) groups excluding carboxylic acids is 3. The van der Waals surface area contributed by atoms with Gasteiger partial charge >= 0.3 is 11.7 Å². The molecule has 1 amide bonds. The van der Waals surface area contributed by atoms with Gasteiger partial charge in [0.1, 0.15) is 6.04 Å². The zero-order chi connectivity index (χ0) is 25.7. The summed E-state index contributed by atoms with van der Waals surface area (Å²) in [6.45, 7) is -0.503. The number of anilines is 1. The van der Waals surface area contributed by atoms with Gasteiger partial charge in [0.2, 0.25) is 5.91 Å². The topological polar surface area (TPSA) is 127 Å². The highest BCUT2D eigenvalue weighted by atomic mass is 35.5. The molecule has 2 aromatic carbocycles. The number of nitrogens with two attached hydrogens (primary N) is 1. The lowest BCUT2D eigenvalue weighted by molar-refractivity contribution is -0.152. The lowest BCUT2D eigenvalue weighted by Crippen LogP contribution is -2.47. The highest BCUT2D eigenvalue weighted by molar-refractivity contribution is 6.31. The number of nitrogens with zero attached hydrogens (tertiary/aromatic N) is 2. The summed E-state index contributed by atoms with van der Waals surface area (Å²) in [4.78, 5) is 54.3. The van der Waals surface area contributed by atoms with E-state index in [1.807, 2.05) is 0 Å². The van der Waals surface area contributed by atoms with Crippen molar-refractivity contribution in [3.05, 3.63) is 68.9 Å². The maximum absolute atomic E-state index is 14.6. The van der Waals surface area contributed by atoms with Gasteiger partial charge in [-0.2, -0.15) is 0 Å². The van der Waals surface area contributed by atoms with E-state index in [9.17, 15) is 23.6 Å². The van der Waals surface area contributed by atoms with Crippen LogP contribution in [-0.2, 0) is 21.4 Å². The maximum atomic E-state index is 14.6. The lowest BCUT2D eigenvalue weighted by Gasteiger charge is -2.33. The molecule has 2 aliphatic rings. The molecule has 2 aliphatic heterocycles. The minimum absolute atomic E-state index is 0.0922. The number of nitrogen functional groups attached to an aromatic ring is 1. The van der Waals surface area contributed by atoms with E-state index in [0.717, 1.165) is 0 Å². The Hall–Kier alpha value is -3.92. The van der Waals surface area contributed by atoms with E-state index in [0.29, 0.717) is 35.9 Å². The number of aromatic amines is 1. The Morgan fingerprint density at radius 2 is 2.00 bits per heavy atom. The molecule has 36 heavy (non-hydrogen) atoms. The van der Waals surface area contributed by atoms with Crippen LogP contribution >= 0.6 is 11.6 Å². The van der Waals surface area contributed by atoms with Gasteiger partial charge in [-0.25, -0.2) is 14.0 Å². The number of amides is 1. The number of rotatable bonds is 5. The first-order chi connectivity index (χ1) is 17.2. The van der Waals surface area contributed by atoms with Gasteiger partial charge in [0.15, 0.2) is 18.2 Å². The highest BCUT2D eigenvalue weighted by Crippen LogP contribution is 2.39. The number of carbonyl (C=O) groups is 3. The van der Waals surface area contributed by atoms with E-state index in [2.05, 4.69) is 4.98 Å². The van der Waals surface area contributed by atoms with E-state index in [1.165, 1.54) is 27.7 Å². The predicted molar refractivity (Wildman–Crippen MR) is 131 cm³/mol. The number of aryl methyl sites for hydroxylation is 1. The Morgan fingerprint density at radius 1 is 1.22 bits per heavy atom. The van der Waals surface area contributed by atoms with Crippen molar-refractivity contribution in [1.82, 2.24) is 14.5 Å². The molecule has 5 rings (SSSR count). The van der Waals surface area contributed by atoms with Crippen LogP contribution < -0.4 is 11.4 Å². The van der Waals surface area contributed by atoms with Crippen molar-refractivity contribution in [3.63, 3.8) is 0 Å². The first-order valence-corrected chi connectivity index (χ1v) is 11.7. The number of nitrogens with one attached hydrogen (secondary N) is 1. The van der Waals surface area contributed by atoms with Crippen LogP contribution in [0.15, 0.2) is 41.2 Å². The SMILES string of the molecule is Cn1c(=O)[nH]c2ccc(C(=O)COC(=O)[C@@H]3CCC4CC(c5c(N)ccc(Cl)c5F)=CC(=O)N43)cc21. The third-order valence-electron chi connectivity index (χ3n) is 6.80. The quantitative estimate of drug-likeness (QED) is 0.307. The van der Waals surface area contributed by atoms with E-state index in [-0.39, 0.29) is 33.6 Å². The number of ketones is 1. The Morgan fingerprint density at radius 3 is 2.78 bits per heavy atom. The molecule has 186 valence electrons. The number of esters is 1. The molecule has 3 heterocycles. The summed E-state index contributed by atoms with van der Waals surface area (Å²) in [6, 6.07) is 6.37. The van der Waals surface area contributed by atoms with Gasteiger partial charge < -0.3 is 20.4 Å². The fraction of sp³-hybridized carbons (Fsp3) is 0.280. The third-order valence-corrected chi connectivity index (χ3v) is 7.10. The molecule has 1 fully saturated rings. The van der Waals surface area contributed by atoms with Crippen LogP contribution in [0, 0.1) is 5.82 Å². The third kappa shape index (κ3) is 3.97. The second kappa shape index (κ2) is 8.94. The smallest absolute Gasteiger partial charge is 0.329 e. The van der Waals surface area contributed by atoms with Gasteiger partial charge in [0, 0.05) is 36.0 Å². The lowest BCUT2D eigenvalue weighted by atomic mass is 9.92. The van der Waals surface area contributed by atoms with Crippen LogP contribution in [0.1, 0.15) is 35.2 Å². The highest BCUT2D eigenvalue weighted by Gasteiger charge is 2.44. The van der Waals surface area contributed by atoms with Gasteiger partial charge in [-0.1, -0.05) is 11.6 Å². The number of hydrogen-bond acceptors (Lipinski definition) is 6. The van der Waals surface area contributed by atoms with E-state index in [1.54, 1.807) is 25.2 Å². The minimum Gasteiger partial charge on any atom is -0.456 e. The van der Waals surface area contributed by atoms with Gasteiger partial charge in [0.25, 0.3) is 0 Å². The summed E-state index contributed by atoms with van der Waals surface area (Å²) >= 11 is 5.90. The Kier molecular flexibility index (Phi) is 5.91. The summed E-state index contributed by atoms with van der Waals surface area (Å²) in [5, 5.41) is -0.0922. The normalized spacial score (nSPS) is 19.4. The van der Waals surface area contributed by atoms with Crippen LogP contribution in [0.2, 0.25) is 5.02 Å². The van der Waals surface area contributed by atoms with Gasteiger partial charge in [-0.15, -0.1) is 0 Å². The number of ether oxygens (including phenoxy) is 1. The van der Waals surface area contributed by atoms with Crippen LogP contribution in [-0.4, -0.2) is 50.8 Å². The molecule has 2 atom stereocenters. The van der Waals surface area contributed by atoms with E-state index < -0.39 is 36.1 Å². The van der Waals surface area contributed by atoms with Crippen LogP contribution in [0.4, 0.5) is 10.1 Å². The summed E-state index contributed by atoms with van der Waals surface area (Å²) in [7, 11) is 1.58. The Bertz CT molecular complexity index is 1520. The molecule has 3 aromatic rings. The van der Waals surface area contributed by atoms with Gasteiger partial charge in [-0.05, 0) is 55.2 Å². The van der Waals surface area contributed by atoms with Crippen molar-refractivity contribution >= 4 is 51.6 Å². The molecule has 0 saturated carbocycles. The van der Waals surface area contributed by atoms with E-state index >= 15 is 0 Å². The van der Waals surface area contributed by atoms with Crippen molar-refractivity contribution in [2.45, 2.75) is 31.3 Å². The summed E-state index contributed by atoms with van der Waals surface area (Å²) in [5.41, 5.74) is 7.77. The zero-order valence-electron chi connectivity index (χ0n) is 19.2. The summed E-state index contributed by atoms with van der Waals surface area (Å²) < 4.78 is 21.3. The van der Waals surface area contributed by atoms with Gasteiger partial charge in [0.05, 0.1) is 16.1 Å². The molecule has 0 radical (unpaired) electrons. The molecule has 0 bridgehead atoms. The second-order valence-electron chi connectivity index (χ2n) is 8.94. The molecule has 1 saturated heterocycles. The monoisotopic (exact) mass is 512 g/mol. The standard InChI is InChI=1S/C25H22ClFN4O5/c1-30-19-9-12(2-6-17(19)29-25(30)35)20(32)11-36-24(34)18-7-3-14-8-13(10-21(33)31(14)18)22-16(28)5-4-15(26)23(22)27/h2,4-6,9-10,14,18H,3,7-8,11,28H2,1H3,(H,29,35)/t14?,18-/m0/s1. The number of H-pyrrole nitrogens is 1. The second-order valence-corrected chi connectivity index (χ2v) is 9.35. The molecule has 3 N–H and O–H groups in total. The first-order valence-electron chi connectivity index (χ1n) is 11.3. The fourth-order valence-corrected chi connectivity index (χ4v) is 5.12. The number of imidazole rings is 1. The molecule has 9 nitrogen and oxygen atoms in total. The van der Waals surface area contributed by atoms with Crippen molar-refractivity contribution in [1.29, 1.82) is 0 Å². The number of aromatic nitrogens is 2. The molecule has 11 heteroatoms. The maximum Gasteiger partial charge on any atom is 0.329 e. The summed E-state index contributed by atoms with van der Waals surface area (Å²) in [5.74, 6) is -2.26. The van der Waals surface area contributed by atoms with Crippen molar-refractivity contribution < 1.29 is 23.5 Å². The van der Waals surface area contributed by atoms with Crippen LogP contribution in [0.5, 0.6) is 0 Å². The predicted octanol–water partition coefficient (Wildman–Crippen LogP) is 2.81. The number of benzene rings is 2. The minimum atomic E-state index is -0.845. The van der Waals surface area contributed by atoms with Crippen LogP contribution in [0.3, 0.4) is 0 Å². The van der Waals surface area contributed by atoms with E-state index in [4.69, 9.17) is 22.1 Å². The number of halogens is 2. The molecular formula is C25H22ClFN4O5. The molecule has 0 aliphatic carbocycles. The first kappa shape index (κ1) is 23.8. The van der Waals surface area contributed by atoms with Crippen LogP contribution in [0.25, 0.3) is 16.6 Å². The van der Waals surface area contributed by atoms with Crippen molar-refractivity contribution in [3.8, 4) is 0 Å². The molecule has 1 unspecified atom stereocenters. The zero-order valence-corrected chi connectivity index (χ0v) is 20.0. The number of Topliss-reactive ketones (excluding diaryl/α,β-unsaturated/α-hetero) is 1. The average Bonchev–Trinajstić information content (AvgIpc) is 3.41. The van der Waals surface area contributed by atoms with Crippen molar-refractivity contribution in [2.75, 3.05) is 12.3 Å². The Balaban J connectivity index is 1.29. The van der Waals surface area contributed by atoms with Gasteiger partial charge in [-0.3, -0.25) is 14.2 Å². The number of hydrogen-bond donors (Lipinski definition) is 2. The van der Waals surface area contributed by atoms with Crippen molar-refractivity contribution in [2.24, 2.45) is 7.05 Å². The number of fused-ring (bicyclic) bond motifs is 2. The molecule has 1 aromatic heterocycles. The largest absolute Gasteiger partial charge is 0.456 e. The average molecular weight is 513 g/mol.